The molecule has 1 atom stereocenters. The van der Waals surface area contributed by atoms with Crippen LogP contribution in [0, 0.1) is 22.6 Å². The summed E-state index contributed by atoms with van der Waals surface area (Å²) < 4.78 is 13.7. The minimum atomic E-state index is -0.461. The Morgan fingerprint density at radius 2 is 2.11 bits per heavy atom. The first kappa shape index (κ1) is 14.8. The summed E-state index contributed by atoms with van der Waals surface area (Å²) in [6.45, 7) is 5.50. The third-order valence-corrected chi connectivity index (χ3v) is 3.34. The lowest BCUT2D eigenvalue weighted by Gasteiger charge is -2.20. The van der Waals surface area contributed by atoms with Crippen molar-refractivity contribution < 1.29 is 9.18 Å². The molecule has 4 heteroatoms. The van der Waals surface area contributed by atoms with Crippen LogP contribution in [-0.4, -0.2) is 10.6 Å². The minimum absolute atomic E-state index is 0.0336. The number of nitriles is 1. The molecule has 1 rings (SSSR count). The van der Waals surface area contributed by atoms with Gasteiger partial charge in [-0.05, 0) is 24.1 Å². The lowest BCUT2D eigenvalue weighted by atomic mass is 9.87. The van der Waals surface area contributed by atoms with Gasteiger partial charge in [0.05, 0.1) is 16.5 Å². The highest BCUT2D eigenvalue weighted by atomic mass is 79.9. The highest BCUT2D eigenvalue weighted by molar-refractivity contribution is 9.10. The van der Waals surface area contributed by atoms with Crippen LogP contribution in [0.4, 0.5) is 4.39 Å². The molecule has 0 aliphatic heterocycles. The summed E-state index contributed by atoms with van der Waals surface area (Å²) >= 11 is 3.30. The number of benzene rings is 1. The molecular formula is C14H15BrFNO. The molecule has 1 aromatic rings. The van der Waals surface area contributed by atoms with Gasteiger partial charge in [-0.25, -0.2) is 4.39 Å². The molecule has 0 amide bonds. The molecule has 0 bridgehead atoms. The van der Waals surface area contributed by atoms with Gasteiger partial charge in [-0.1, -0.05) is 42.8 Å². The first-order valence-corrected chi connectivity index (χ1v) is 6.54. The second-order valence-corrected chi connectivity index (χ2v) is 6.31. The maximum Gasteiger partial charge on any atom is 0.152 e. The molecular weight excluding hydrogens is 297 g/mol. The largest absolute Gasteiger partial charge is 0.298 e. The Kier molecular flexibility index (Phi) is 4.64. The van der Waals surface area contributed by atoms with E-state index in [4.69, 9.17) is 5.26 Å². The van der Waals surface area contributed by atoms with E-state index >= 15 is 0 Å². The Morgan fingerprint density at radius 3 is 2.56 bits per heavy atom. The van der Waals surface area contributed by atoms with Crippen molar-refractivity contribution in [3.05, 3.63) is 35.1 Å². The molecule has 96 valence electrons. The SMILES string of the molecule is CC(C)(C)C(=O)C(Br)Cc1ccc(C#N)cc1F. The summed E-state index contributed by atoms with van der Waals surface area (Å²) in [5.41, 5.74) is 0.259. The van der Waals surface area contributed by atoms with Crippen molar-refractivity contribution in [3.8, 4) is 6.07 Å². The van der Waals surface area contributed by atoms with Gasteiger partial charge in [0.2, 0.25) is 0 Å². The van der Waals surface area contributed by atoms with Crippen LogP contribution in [0.25, 0.3) is 0 Å². The lowest BCUT2D eigenvalue weighted by Crippen LogP contribution is -2.30. The number of hydrogen-bond donors (Lipinski definition) is 0. The summed E-state index contributed by atoms with van der Waals surface area (Å²) in [6, 6.07) is 6.18. The molecule has 0 N–H and O–H groups in total. The fourth-order valence-corrected chi connectivity index (χ4v) is 2.57. The van der Waals surface area contributed by atoms with Gasteiger partial charge in [-0.15, -0.1) is 0 Å². The van der Waals surface area contributed by atoms with Crippen molar-refractivity contribution in [2.45, 2.75) is 32.0 Å². The quantitative estimate of drug-likeness (QED) is 0.800. The number of Topliss-reactive ketones (excluding diaryl/α,β-unsaturated/α-hetero) is 1. The zero-order valence-electron chi connectivity index (χ0n) is 10.6. The minimum Gasteiger partial charge on any atom is -0.298 e. The molecule has 0 radical (unpaired) electrons. The van der Waals surface area contributed by atoms with Crippen molar-refractivity contribution in [2.24, 2.45) is 5.41 Å². The predicted octanol–water partition coefficient (Wildman–Crippen LogP) is 3.62. The highest BCUT2D eigenvalue weighted by Crippen LogP contribution is 2.24. The Morgan fingerprint density at radius 1 is 1.50 bits per heavy atom. The van der Waals surface area contributed by atoms with Gasteiger partial charge in [0.15, 0.2) is 5.78 Å². The molecule has 0 heterocycles. The van der Waals surface area contributed by atoms with Crippen LogP contribution in [-0.2, 0) is 11.2 Å². The fraction of sp³-hybridized carbons (Fsp3) is 0.429. The number of ketones is 1. The maximum atomic E-state index is 13.7. The van der Waals surface area contributed by atoms with Crippen LogP contribution in [0.5, 0.6) is 0 Å². The van der Waals surface area contributed by atoms with Crippen molar-refractivity contribution in [1.82, 2.24) is 0 Å². The van der Waals surface area contributed by atoms with E-state index in [0.29, 0.717) is 5.56 Å². The van der Waals surface area contributed by atoms with Crippen LogP contribution in [0.3, 0.4) is 0 Å². The fourth-order valence-electron chi connectivity index (χ4n) is 1.54. The van der Waals surface area contributed by atoms with Gasteiger partial charge in [-0.2, -0.15) is 5.26 Å². The topological polar surface area (TPSA) is 40.9 Å². The van der Waals surface area contributed by atoms with Crippen molar-refractivity contribution >= 4 is 21.7 Å². The second-order valence-electron chi connectivity index (χ2n) is 5.20. The zero-order chi connectivity index (χ0) is 13.9. The van der Waals surface area contributed by atoms with E-state index in [0.717, 1.165) is 0 Å². The lowest BCUT2D eigenvalue weighted by molar-refractivity contribution is -0.125. The Labute approximate surface area is 115 Å². The summed E-state index contributed by atoms with van der Waals surface area (Å²) in [6.07, 6.45) is 0.285. The third kappa shape index (κ3) is 3.64. The number of alkyl halides is 1. The monoisotopic (exact) mass is 311 g/mol. The summed E-state index contributed by atoms with van der Waals surface area (Å²) in [4.78, 5) is 11.6. The molecule has 0 saturated carbocycles. The van der Waals surface area contributed by atoms with Crippen molar-refractivity contribution in [1.29, 1.82) is 5.26 Å². The molecule has 0 spiro atoms. The maximum absolute atomic E-state index is 13.7. The highest BCUT2D eigenvalue weighted by Gasteiger charge is 2.28. The molecule has 0 aliphatic rings. The summed E-state index contributed by atoms with van der Waals surface area (Å²) in [5.74, 6) is -0.411. The second kappa shape index (κ2) is 5.62. The molecule has 1 unspecified atom stereocenters. The van der Waals surface area contributed by atoms with Crippen molar-refractivity contribution in [3.63, 3.8) is 0 Å². The first-order chi connectivity index (χ1) is 8.25. The Bertz CT molecular complexity index is 499. The molecule has 2 nitrogen and oxygen atoms in total. The molecule has 18 heavy (non-hydrogen) atoms. The Hall–Kier alpha value is -1.21. The third-order valence-electron chi connectivity index (χ3n) is 2.60. The number of carbonyl (C=O) groups is 1. The van der Waals surface area contributed by atoms with Crippen LogP contribution in [0.2, 0.25) is 0 Å². The van der Waals surface area contributed by atoms with E-state index in [-0.39, 0.29) is 17.8 Å². The molecule has 0 aliphatic carbocycles. The average molecular weight is 312 g/mol. The van der Waals surface area contributed by atoms with Gasteiger partial charge < -0.3 is 0 Å². The number of rotatable bonds is 3. The van der Waals surface area contributed by atoms with Crippen LogP contribution >= 0.6 is 15.9 Å². The smallest absolute Gasteiger partial charge is 0.152 e. The molecule has 0 saturated heterocycles. The van der Waals surface area contributed by atoms with Gasteiger partial charge in [0.1, 0.15) is 5.82 Å². The number of nitrogens with zero attached hydrogens (tertiary/aromatic N) is 1. The average Bonchev–Trinajstić information content (AvgIpc) is 2.29. The van der Waals surface area contributed by atoms with Crippen molar-refractivity contribution in [2.75, 3.05) is 0 Å². The van der Waals surface area contributed by atoms with E-state index in [1.165, 1.54) is 6.07 Å². The van der Waals surface area contributed by atoms with Gasteiger partial charge >= 0.3 is 0 Å². The van der Waals surface area contributed by atoms with E-state index in [9.17, 15) is 9.18 Å². The van der Waals surface area contributed by atoms with Gasteiger partial charge in [0.25, 0.3) is 0 Å². The van der Waals surface area contributed by atoms with Crippen LogP contribution in [0.15, 0.2) is 18.2 Å². The van der Waals surface area contributed by atoms with E-state index in [2.05, 4.69) is 15.9 Å². The van der Waals surface area contributed by atoms with E-state index in [1.54, 1.807) is 12.1 Å². The normalized spacial score (nSPS) is 12.9. The van der Waals surface area contributed by atoms with Crippen LogP contribution < -0.4 is 0 Å². The van der Waals surface area contributed by atoms with E-state index < -0.39 is 16.1 Å². The molecule has 1 aromatic carbocycles. The van der Waals surface area contributed by atoms with Gasteiger partial charge in [0, 0.05) is 5.41 Å². The standard InChI is InChI=1S/C14H15BrFNO/c1-14(2,3)13(18)11(15)7-10-5-4-9(8-17)6-12(10)16/h4-6,11H,7H2,1-3H3. The summed E-state index contributed by atoms with van der Waals surface area (Å²) in [7, 11) is 0. The first-order valence-electron chi connectivity index (χ1n) is 5.62. The number of halogens is 2. The number of carbonyl (C=O) groups excluding carboxylic acids is 1. The van der Waals surface area contributed by atoms with Crippen LogP contribution in [0.1, 0.15) is 31.9 Å². The van der Waals surface area contributed by atoms with Gasteiger partial charge in [-0.3, -0.25) is 4.79 Å². The Balaban J connectivity index is 2.86. The summed E-state index contributed by atoms with van der Waals surface area (Å²) in [5, 5.41) is 8.65. The molecule has 0 aromatic heterocycles. The molecule has 0 fully saturated rings. The zero-order valence-corrected chi connectivity index (χ0v) is 12.2. The predicted molar refractivity (Wildman–Crippen MR) is 72.0 cm³/mol. The van der Waals surface area contributed by atoms with E-state index in [1.807, 2.05) is 26.8 Å². The number of hydrogen-bond acceptors (Lipinski definition) is 2.